The van der Waals surface area contributed by atoms with Crippen LogP contribution in [-0.2, 0) is 4.79 Å². The van der Waals surface area contributed by atoms with E-state index in [1.807, 2.05) is 0 Å². The largest absolute Gasteiger partial charge is 0.398 e. The number of anilines is 1. The number of piperidine rings is 1. The number of hydrogen-bond donors (Lipinski definition) is 2. The van der Waals surface area contributed by atoms with Crippen LogP contribution in [0.4, 0.5) is 10.1 Å². The third-order valence-electron chi connectivity index (χ3n) is 3.34. The lowest BCUT2D eigenvalue weighted by molar-refractivity contribution is -0.123. The molecule has 4 N–H and O–H groups in total. The molecule has 1 unspecified atom stereocenters. The summed E-state index contributed by atoms with van der Waals surface area (Å²) in [7, 11) is 0. The number of amides is 2. The summed E-state index contributed by atoms with van der Waals surface area (Å²) in [6.45, 7) is 0.433. The standard InChI is InChI=1S/C13H16FN3O2/c14-8-4-5-10(15)9(7-8)13(19)17-6-2-1-3-11(17)12(16)18/h4-5,7,11H,1-3,6,15H2,(H2,16,18). The average molecular weight is 265 g/mol. The van der Waals surface area contributed by atoms with Crippen LogP contribution in [0, 0.1) is 5.82 Å². The molecule has 1 aliphatic rings. The predicted molar refractivity (Wildman–Crippen MR) is 68.7 cm³/mol. The first-order valence-corrected chi connectivity index (χ1v) is 6.16. The first-order chi connectivity index (χ1) is 9.00. The Morgan fingerprint density at radius 2 is 2.05 bits per heavy atom. The van der Waals surface area contributed by atoms with Gasteiger partial charge in [0.05, 0.1) is 5.56 Å². The summed E-state index contributed by atoms with van der Waals surface area (Å²) >= 11 is 0. The number of nitrogens with two attached hydrogens (primary N) is 2. The average Bonchev–Trinajstić information content (AvgIpc) is 2.40. The summed E-state index contributed by atoms with van der Waals surface area (Å²) in [4.78, 5) is 25.1. The second-order valence-electron chi connectivity index (χ2n) is 4.64. The van der Waals surface area contributed by atoms with Crippen LogP contribution in [0.3, 0.4) is 0 Å². The second-order valence-corrected chi connectivity index (χ2v) is 4.64. The molecule has 1 heterocycles. The van der Waals surface area contributed by atoms with Gasteiger partial charge in [0, 0.05) is 12.2 Å². The number of carbonyl (C=O) groups is 2. The summed E-state index contributed by atoms with van der Waals surface area (Å²) in [5.41, 5.74) is 11.3. The van der Waals surface area contributed by atoms with Crippen molar-refractivity contribution in [3.63, 3.8) is 0 Å². The topological polar surface area (TPSA) is 89.4 Å². The third-order valence-corrected chi connectivity index (χ3v) is 3.34. The molecule has 2 rings (SSSR count). The minimum absolute atomic E-state index is 0.0770. The molecule has 0 aromatic heterocycles. The highest BCUT2D eigenvalue weighted by molar-refractivity contribution is 6.01. The van der Waals surface area contributed by atoms with Gasteiger partial charge in [-0.1, -0.05) is 0 Å². The fourth-order valence-electron chi connectivity index (χ4n) is 2.34. The smallest absolute Gasteiger partial charge is 0.256 e. The predicted octanol–water partition coefficient (Wildman–Crippen LogP) is 0.888. The van der Waals surface area contributed by atoms with E-state index in [2.05, 4.69) is 0 Å². The van der Waals surface area contributed by atoms with Gasteiger partial charge in [-0.05, 0) is 37.5 Å². The summed E-state index contributed by atoms with van der Waals surface area (Å²) in [5, 5.41) is 0. The number of halogens is 1. The summed E-state index contributed by atoms with van der Waals surface area (Å²) in [6.07, 6.45) is 2.18. The zero-order chi connectivity index (χ0) is 14.0. The summed E-state index contributed by atoms with van der Waals surface area (Å²) in [6, 6.07) is 2.98. The highest BCUT2D eigenvalue weighted by Gasteiger charge is 2.31. The molecule has 19 heavy (non-hydrogen) atoms. The van der Waals surface area contributed by atoms with Crippen LogP contribution in [0.15, 0.2) is 18.2 Å². The van der Waals surface area contributed by atoms with E-state index in [1.165, 1.54) is 17.0 Å². The van der Waals surface area contributed by atoms with Gasteiger partial charge in [0.2, 0.25) is 5.91 Å². The van der Waals surface area contributed by atoms with Gasteiger partial charge < -0.3 is 16.4 Å². The first kappa shape index (κ1) is 13.3. The van der Waals surface area contributed by atoms with Gasteiger partial charge >= 0.3 is 0 Å². The normalized spacial score (nSPS) is 19.2. The van der Waals surface area contributed by atoms with Gasteiger partial charge in [-0.15, -0.1) is 0 Å². The molecule has 102 valence electrons. The minimum Gasteiger partial charge on any atom is -0.398 e. The lowest BCUT2D eigenvalue weighted by Gasteiger charge is -2.33. The highest BCUT2D eigenvalue weighted by atomic mass is 19.1. The number of benzene rings is 1. The van der Waals surface area contributed by atoms with Crippen molar-refractivity contribution in [2.75, 3.05) is 12.3 Å². The molecule has 1 saturated heterocycles. The van der Waals surface area contributed by atoms with Crippen molar-refractivity contribution in [1.29, 1.82) is 0 Å². The lowest BCUT2D eigenvalue weighted by atomic mass is 10.00. The van der Waals surface area contributed by atoms with E-state index < -0.39 is 23.7 Å². The Labute approximate surface area is 110 Å². The third kappa shape index (κ3) is 2.67. The zero-order valence-corrected chi connectivity index (χ0v) is 10.4. The number of likely N-dealkylation sites (tertiary alicyclic amines) is 1. The van der Waals surface area contributed by atoms with Crippen molar-refractivity contribution in [1.82, 2.24) is 4.90 Å². The van der Waals surface area contributed by atoms with Crippen molar-refractivity contribution in [2.45, 2.75) is 25.3 Å². The fourth-order valence-corrected chi connectivity index (χ4v) is 2.34. The maximum Gasteiger partial charge on any atom is 0.256 e. The van der Waals surface area contributed by atoms with Gasteiger partial charge in [0.15, 0.2) is 0 Å². The van der Waals surface area contributed by atoms with Crippen LogP contribution in [-0.4, -0.2) is 29.3 Å². The Balaban J connectivity index is 2.31. The fraction of sp³-hybridized carbons (Fsp3) is 0.385. The molecule has 1 aromatic rings. The zero-order valence-electron chi connectivity index (χ0n) is 10.4. The van der Waals surface area contributed by atoms with E-state index >= 15 is 0 Å². The molecule has 1 aliphatic heterocycles. The molecule has 0 saturated carbocycles. The van der Waals surface area contributed by atoms with Gasteiger partial charge in [-0.3, -0.25) is 9.59 Å². The molecule has 6 heteroatoms. The quantitative estimate of drug-likeness (QED) is 0.778. The van der Waals surface area contributed by atoms with E-state index in [4.69, 9.17) is 11.5 Å². The van der Waals surface area contributed by atoms with E-state index in [1.54, 1.807) is 0 Å². The maximum atomic E-state index is 13.2. The number of primary amides is 1. The molecule has 0 spiro atoms. The van der Waals surface area contributed by atoms with Crippen LogP contribution in [0.2, 0.25) is 0 Å². The SMILES string of the molecule is NC(=O)C1CCCCN1C(=O)c1cc(F)ccc1N. The molecule has 2 amide bonds. The number of nitrogen functional groups attached to an aromatic ring is 1. The molecule has 0 bridgehead atoms. The van der Waals surface area contributed by atoms with Crippen molar-refractivity contribution in [3.8, 4) is 0 Å². The van der Waals surface area contributed by atoms with Gasteiger partial charge in [0.1, 0.15) is 11.9 Å². The minimum atomic E-state index is -0.635. The van der Waals surface area contributed by atoms with Crippen molar-refractivity contribution >= 4 is 17.5 Å². The van der Waals surface area contributed by atoms with Crippen molar-refractivity contribution < 1.29 is 14.0 Å². The lowest BCUT2D eigenvalue weighted by Crippen LogP contribution is -2.50. The molecule has 1 aromatic carbocycles. The molecule has 1 fully saturated rings. The molecule has 5 nitrogen and oxygen atoms in total. The molecule has 0 aliphatic carbocycles. The van der Waals surface area contributed by atoms with Crippen molar-refractivity contribution in [3.05, 3.63) is 29.6 Å². The van der Waals surface area contributed by atoms with E-state index in [9.17, 15) is 14.0 Å². The number of nitrogens with zero attached hydrogens (tertiary/aromatic N) is 1. The number of rotatable bonds is 2. The summed E-state index contributed by atoms with van der Waals surface area (Å²) < 4.78 is 13.2. The summed E-state index contributed by atoms with van der Waals surface area (Å²) in [5.74, 6) is -1.52. The molecular weight excluding hydrogens is 249 g/mol. The van der Waals surface area contributed by atoms with E-state index in [0.717, 1.165) is 18.9 Å². The first-order valence-electron chi connectivity index (χ1n) is 6.16. The Kier molecular flexibility index (Phi) is 3.69. The van der Waals surface area contributed by atoms with Crippen LogP contribution in [0.1, 0.15) is 29.6 Å². The van der Waals surface area contributed by atoms with Crippen LogP contribution in [0.25, 0.3) is 0 Å². The van der Waals surface area contributed by atoms with Crippen molar-refractivity contribution in [2.24, 2.45) is 5.73 Å². The Morgan fingerprint density at radius 1 is 1.32 bits per heavy atom. The number of hydrogen-bond acceptors (Lipinski definition) is 3. The Morgan fingerprint density at radius 3 is 2.74 bits per heavy atom. The van der Waals surface area contributed by atoms with Gasteiger partial charge in [0.25, 0.3) is 5.91 Å². The maximum absolute atomic E-state index is 13.2. The van der Waals surface area contributed by atoms with Crippen LogP contribution < -0.4 is 11.5 Å². The highest BCUT2D eigenvalue weighted by Crippen LogP contribution is 2.22. The van der Waals surface area contributed by atoms with E-state index in [-0.39, 0.29) is 11.3 Å². The van der Waals surface area contributed by atoms with Gasteiger partial charge in [-0.2, -0.15) is 0 Å². The monoisotopic (exact) mass is 265 g/mol. The second kappa shape index (κ2) is 5.26. The van der Waals surface area contributed by atoms with Crippen LogP contribution >= 0.6 is 0 Å². The molecule has 1 atom stereocenters. The van der Waals surface area contributed by atoms with Crippen LogP contribution in [0.5, 0.6) is 0 Å². The molecule has 0 radical (unpaired) electrons. The van der Waals surface area contributed by atoms with Gasteiger partial charge in [-0.25, -0.2) is 4.39 Å². The Bertz CT molecular complexity index is 519. The Hall–Kier alpha value is -2.11. The molecular formula is C13H16FN3O2. The van der Waals surface area contributed by atoms with E-state index in [0.29, 0.717) is 13.0 Å². The number of carbonyl (C=O) groups excluding carboxylic acids is 2.